The van der Waals surface area contributed by atoms with Crippen LogP contribution >= 0.6 is 0 Å². The van der Waals surface area contributed by atoms with Gasteiger partial charge in [-0.25, -0.2) is 0 Å². The van der Waals surface area contributed by atoms with E-state index >= 15 is 0 Å². The molecule has 0 fully saturated rings. The highest BCUT2D eigenvalue weighted by molar-refractivity contribution is 5.23. The third-order valence-corrected chi connectivity index (χ3v) is 2.62. The lowest BCUT2D eigenvalue weighted by atomic mass is 10.1. The van der Waals surface area contributed by atoms with Crippen LogP contribution in [0.3, 0.4) is 0 Å². The SMILES string of the molecule is NCc1ccc(Cc2ccc(C(F)(F)F)nc2)nc1. The quantitative estimate of drug-likeness (QED) is 0.929. The first-order valence-corrected chi connectivity index (χ1v) is 5.65. The van der Waals surface area contributed by atoms with E-state index in [0.717, 1.165) is 17.3 Å². The molecule has 0 spiro atoms. The Bertz CT molecular complexity index is 533. The zero-order chi connectivity index (χ0) is 13.9. The van der Waals surface area contributed by atoms with Crippen LogP contribution in [0.4, 0.5) is 13.2 Å². The minimum Gasteiger partial charge on any atom is -0.326 e. The van der Waals surface area contributed by atoms with Gasteiger partial charge in [-0.2, -0.15) is 13.2 Å². The molecule has 2 rings (SSSR count). The molecule has 0 amide bonds. The maximum absolute atomic E-state index is 12.3. The molecule has 0 unspecified atom stereocenters. The summed E-state index contributed by atoms with van der Waals surface area (Å²) >= 11 is 0. The van der Waals surface area contributed by atoms with Gasteiger partial charge in [-0.05, 0) is 23.3 Å². The summed E-state index contributed by atoms with van der Waals surface area (Å²) in [5, 5.41) is 0. The molecule has 0 bridgehead atoms. The van der Waals surface area contributed by atoms with Crippen molar-refractivity contribution in [2.24, 2.45) is 5.73 Å². The lowest BCUT2D eigenvalue weighted by molar-refractivity contribution is -0.141. The number of hydrogen-bond acceptors (Lipinski definition) is 3. The Kier molecular flexibility index (Phi) is 3.80. The van der Waals surface area contributed by atoms with Crippen molar-refractivity contribution >= 4 is 0 Å². The van der Waals surface area contributed by atoms with Crippen molar-refractivity contribution in [3.8, 4) is 0 Å². The Balaban J connectivity index is 2.10. The molecular formula is C13H12F3N3. The highest BCUT2D eigenvalue weighted by Gasteiger charge is 2.31. The van der Waals surface area contributed by atoms with Crippen LogP contribution in [-0.2, 0) is 19.1 Å². The molecule has 0 aliphatic carbocycles. The predicted octanol–water partition coefficient (Wildman–Crippen LogP) is 2.54. The highest BCUT2D eigenvalue weighted by Crippen LogP contribution is 2.27. The van der Waals surface area contributed by atoms with Gasteiger partial charge in [0.15, 0.2) is 0 Å². The molecule has 0 atom stereocenters. The van der Waals surface area contributed by atoms with Crippen molar-refractivity contribution in [1.29, 1.82) is 0 Å². The third-order valence-electron chi connectivity index (χ3n) is 2.62. The van der Waals surface area contributed by atoms with Gasteiger partial charge in [-0.15, -0.1) is 0 Å². The molecule has 2 aromatic heterocycles. The number of rotatable bonds is 3. The molecule has 2 N–H and O–H groups in total. The van der Waals surface area contributed by atoms with E-state index < -0.39 is 11.9 Å². The normalized spacial score (nSPS) is 11.6. The Morgan fingerprint density at radius 2 is 1.63 bits per heavy atom. The van der Waals surface area contributed by atoms with E-state index in [1.54, 1.807) is 12.3 Å². The maximum Gasteiger partial charge on any atom is 0.433 e. The Labute approximate surface area is 108 Å². The first-order valence-electron chi connectivity index (χ1n) is 5.65. The van der Waals surface area contributed by atoms with Crippen LogP contribution in [0.25, 0.3) is 0 Å². The van der Waals surface area contributed by atoms with Gasteiger partial charge in [0.1, 0.15) is 5.69 Å². The standard InChI is InChI=1S/C13H12F3N3/c14-13(15,16)12-4-2-9(7-19-12)5-11-3-1-10(6-17)8-18-11/h1-4,7-8H,5-6,17H2. The number of nitrogens with two attached hydrogens (primary N) is 1. The molecule has 0 saturated heterocycles. The van der Waals surface area contributed by atoms with E-state index in [9.17, 15) is 13.2 Å². The maximum atomic E-state index is 12.3. The van der Waals surface area contributed by atoms with Crippen LogP contribution < -0.4 is 5.73 Å². The van der Waals surface area contributed by atoms with Crippen molar-refractivity contribution in [2.45, 2.75) is 19.1 Å². The van der Waals surface area contributed by atoms with Gasteiger partial charge in [0, 0.05) is 31.1 Å². The molecule has 19 heavy (non-hydrogen) atoms. The van der Waals surface area contributed by atoms with Crippen molar-refractivity contribution in [1.82, 2.24) is 9.97 Å². The Morgan fingerprint density at radius 1 is 0.947 bits per heavy atom. The lowest BCUT2D eigenvalue weighted by Gasteiger charge is -2.06. The van der Waals surface area contributed by atoms with Crippen LogP contribution in [0.5, 0.6) is 0 Å². The summed E-state index contributed by atoms with van der Waals surface area (Å²) in [6.45, 7) is 0.412. The van der Waals surface area contributed by atoms with Gasteiger partial charge >= 0.3 is 6.18 Å². The molecule has 0 aliphatic rings. The molecule has 100 valence electrons. The summed E-state index contributed by atoms with van der Waals surface area (Å²) in [4.78, 5) is 7.59. The summed E-state index contributed by atoms with van der Waals surface area (Å²) < 4.78 is 37.0. The zero-order valence-electron chi connectivity index (χ0n) is 9.98. The van der Waals surface area contributed by atoms with E-state index in [1.807, 2.05) is 6.07 Å². The molecular weight excluding hydrogens is 255 g/mol. The summed E-state index contributed by atoms with van der Waals surface area (Å²) in [5.41, 5.74) is 6.92. The summed E-state index contributed by atoms with van der Waals surface area (Å²) in [5.74, 6) is 0. The molecule has 3 nitrogen and oxygen atoms in total. The Hall–Kier alpha value is -1.95. The zero-order valence-corrected chi connectivity index (χ0v) is 9.98. The molecule has 0 radical (unpaired) electrons. The number of pyridine rings is 2. The molecule has 2 heterocycles. The smallest absolute Gasteiger partial charge is 0.326 e. The van der Waals surface area contributed by atoms with E-state index in [0.29, 0.717) is 18.5 Å². The number of nitrogens with zero attached hydrogens (tertiary/aromatic N) is 2. The van der Waals surface area contributed by atoms with Crippen LogP contribution in [0.2, 0.25) is 0 Å². The Morgan fingerprint density at radius 3 is 2.11 bits per heavy atom. The van der Waals surface area contributed by atoms with Gasteiger partial charge in [-0.3, -0.25) is 9.97 Å². The second-order valence-electron chi connectivity index (χ2n) is 4.09. The van der Waals surface area contributed by atoms with Crippen LogP contribution in [0.15, 0.2) is 36.7 Å². The van der Waals surface area contributed by atoms with Crippen molar-refractivity contribution < 1.29 is 13.2 Å². The average molecular weight is 267 g/mol. The van der Waals surface area contributed by atoms with Crippen LogP contribution in [0, 0.1) is 0 Å². The molecule has 0 aromatic carbocycles. The predicted molar refractivity (Wildman–Crippen MR) is 64.2 cm³/mol. The van der Waals surface area contributed by atoms with Crippen molar-refractivity contribution in [2.75, 3.05) is 0 Å². The summed E-state index contributed by atoms with van der Waals surface area (Å²) in [6, 6.07) is 6.04. The molecule has 6 heteroatoms. The van der Waals surface area contributed by atoms with Gasteiger partial charge in [0.2, 0.25) is 0 Å². The average Bonchev–Trinajstić information content (AvgIpc) is 2.39. The van der Waals surface area contributed by atoms with Gasteiger partial charge < -0.3 is 5.73 Å². The van der Waals surface area contributed by atoms with E-state index in [-0.39, 0.29) is 0 Å². The van der Waals surface area contributed by atoms with Gasteiger partial charge in [0.25, 0.3) is 0 Å². The molecule has 0 aliphatic heterocycles. The minimum absolute atomic E-state index is 0.412. The molecule has 2 aromatic rings. The number of aromatic nitrogens is 2. The third kappa shape index (κ3) is 3.51. The second kappa shape index (κ2) is 5.36. The first kappa shape index (κ1) is 13.5. The fourth-order valence-corrected chi connectivity index (χ4v) is 1.59. The monoisotopic (exact) mass is 267 g/mol. The van der Waals surface area contributed by atoms with E-state index in [2.05, 4.69) is 9.97 Å². The van der Waals surface area contributed by atoms with Crippen molar-refractivity contribution in [3.63, 3.8) is 0 Å². The fourth-order valence-electron chi connectivity index (χ4n) is 1.59. The highest BCUT2D eigenvalue weighted by atomic mass is 19.4. The van der Waals surface area contributed by atoms with Crippen LogP contribution in [-0.4, -0.2) is 9.97 Å². The van der Waals surface area contributed by atoms with Gasteiger partial charge in [0.05, 0.1) is 0 Å². The number of hydrogen-bond donors (Lipinski definition) is 1. The lowest BCUT2D eigenvalue weighted by Crippen LogP contribution is -2.07. The summed E-state index contributed by atoms with van der Waals surface area (Å²) in [6.07, 6.45) is -1.08. The topological polar surface area (TPSA) is 51.8 Å². The number of halogens is 3. The van der Waals surface area contributed by atoms with Gasteiger partial charge in [-0.1, -0.05) is 12.1 Å². The van der Waals surface area contributed by atoms with E-state index in [1.165, 1.54) is 12.3 Å². The minimum atomic E-state index is -4.40. The second-order valence-corrected chi connectivity index (χ2v) is 4.09. The molecule has 0 saturated carbocycles. The van der Waals surface area contributed by atoms with Crippen LogP contribution in [0.1, 0.15) is 22.5 Å². The fraction of sp³-hybridized carbons (Fsp3) is 0.231. The summed E-state index contributed by atoms with van der Waals surface area (Å²) in [7, 11) is 0. The van der Waals surface area contributed by atoms with E-state index in [4.69, 9.17) is 5.73 Å². The number of alkyl halides is 3. The largest absolute Gasteiger partial charge is 0.433 e. The van der Waals surface area contributed by atoms with Crippen molar-refractivity contribution in [3.05, 3.63) is 59.2 Å². The first-order chi connectivity index (χ1) is 8.99.